The van der Waals surface area contributed by atoms with Crippen LogP contribution in [0.25, 0.3) is 11.0 Å². The summed E-state index contributed by atoms with van der Waals surface area (Å²) in [5.41, 5.74) is 5.09. The molecule has 0 spiro atoms. The first kappa shape index (κ1) is 24.8. The number of benzene rings is 3. The molecule has 1 saturated heterocycles. The average molecular weight is 495 g/mol. The fourth-order valence-corrected chi connectivity index (χ4v) is 5.13. The van der Waals surface area contributed by atoms with Crippen molar-refractivity contribution in [3.63, 3.8) is 0 Å². The van der Waals surface area contributed by atoms with Gasteiger partial charge in [0.1, 0.15) is 12.4 Å². The second-order valence-electron chi connectivity index (χ2n) is 9.96. The van der Waals surface area contributed by atoms with Gasteiger partial charge in [0, 0.05) is 38.2 Å². The standard InChI is InChI=1S/C31H34N4O2/c1-3-4-10-23-15-17-26(18-16-23)34-21-25(19-29(34)36)31-32-27-13-8-9-14-28(27)35(31)22-30(37)33(2)20-24-11-6-5-7-12-24/h5-9,11-18,25H,3-4,10,19-22H2,1-2H3. The van der Waals surface area contributed by atoms with Gasteiger partial charge in [0.15, 0.2) is 0 Å². The maximum Gasteiger partial charge on any atom is 0.242 e. The van der Waals surface area contributed by atoms with Gasteiger partial charge in [-0.2, -0.15) is 0 Å². The van der Waals surface area contributed by atoms with Crippen molar-refractivity contribution >= 4 is 28.5 Å². The van der Waals surface area contributed by atoms with Crippen LogP contribution in [0.15, 0.2) is 78.9 Å². The summed E-state index contributed by atoms with van der Waals surface area (Å²) in [5.74, 6) is 0.833. The van der Waals surface area contributed by atoms with Crippen LogP contribution in [0.4, 0.5) is 5.69 Å². The monoisotopic (exact) mass is 494 g/mol. The molecule has 5 rings (SSSR count). The first-order chi connectivity index (χ1) is 18.0. The molecule has 1 atom stereocenters. The summed E-state index contributed by atoms with van der Waals surface area (Å²) in [6.07, 6.45) is 3.78. The number of unbranched alkanes of at least 4 members (excludes halogenated alkanes) is 1. The van der Waals surface area contributed by atoms with Gasteiger partial charge in [-0.15, -0.1) is 0 Å². The third kappa shape index (κ3) is 5.43. The Morgan fingerprint density at radius 2 is 1.70 bits per heavy atom. The SMILES string of the molecule is CCCCc1ccc(N2CC(c3nc4ccccc4n3CC(=O)N(C)Cc3ccccc3)CC2=O)cc1. The zero-order chi connectivity index (χ0) is 25.8. The minimum absolute atomic E-state index is 0.0112. The predicted molar refractivity (Wildman–Crippen MR) is 147 cm³/mol. The second kappa shape index (κ2) is 11.0. The third-order valence-corrected chi connectivity index (χ3v) is 7.22. The molecule has 6 heteroatoms. The van der Waals surface area contributed by atoms with Crippen LogP contribution in [-0.4, -0.2) is 39.9 Å². The summed E-state index contributed by atoms with van der Waals surface area (Å²) in [4.78, 5) is 34.9. The smallest absolute Gasteiger partial charge is 0.242 e. The van der Waals surface area contributed by atoms with Crippen molar-refractivity contribution in [2.24, 2.45) is 0 Å². The highest BCUT2D eigenvalue weighted by molar-refractivity contribution is 5.96. The normalized spacial score (nSPS) is 15.5. The van der Waals surface area contributed by atoms with E-state index < -0.39 is 0 Å². The summed E-state index contributed by atoms with van der Waals surface area (Å²) in [7, 11) is 1.83. The van der Waals surface area contributed by atoms with Crippen LogP contribution in [0, 0.1) is 0 Å². The molecule has 1 unspecified atom stereocenters. The van der Waals surface area contributed by atoms with E-state index in [0.717, 1.165) is 34.5 Å². The zero-order valence-electron chi connectivity index (χ0n) is 21.6. The van der Waals surface area contributed by atoms with E-state index in [2.05, 4.69) is 31.2 Å². The molecule has 0 N–H and O–H groups in total. The van der Waals surface area contributed by atoms with E-state index in [-0.39, 0.29) is 24.3 Å². The lowest BCUT2D eigenvalue weighted by atomic mass is 10.1. The van der Waals surface area contributed by atoms with Gasteiger partial charge in [-0.05, 0) is 48.2 Å². The molecule has 1 aliphatic rings. The maximum atomic E-state index is 13.3. The fraction of sp³-hybridized carbons (Fsp3) is 0.323. The fourth-order valence-electron chi connectivity index (χ4n) is 5.13. The highest BCUT2D eigenvalue weighted by Gasteiger charge is 2.35. The summed E-state index contributed by atoms with van der Waals surface area (Å²) < 4.78 is 2.01. The lowest BCUT2D eigenvalue weighted by molar-refractivity contribution is -0.131. The Morgan fingerprint density at radius 1 is 0.973 bits per heavy atom. The number of para-hydroxylation sites is 2. The van der Waals surface area contributed by atoms with Crippen molar-refractivity contribution in [2.75, 3.05) is 18.5 Å². The van der Waals surface area contributed by atoms with Gasteiger partial charge < -0.3 is 14.4 Å². The molecule has 0 radical (unpaired) electrons. The minimum atomic E-state index is -0.0769. The van der Waals surface area contributed by atoms with Gasteiger partial charge in [-0.25, -0.2) is 4.98 Å². The Kier molecular flexibility index (Phi) is 7.35. The second-order valence-corrected chi connectivity index (χ2v) is 9.96. The topological polar surface area (TPSA) is 58.4 Å². The van der Waals surface area contributed by atoms with E-state index in [0.29, 0.717) is 19.5 Å². The molecule has 37 heavy (non-hydrogen) atoms. The molecular weight excluding hydrogens is 460 g/mol. The molecule has 1 aromatic heterocycles. The van der Waals surface area contributed by atoms with Gasteiger partial charge >= 0.3 is 0 Å². The third-order valence-electron chi connectivity index (χ3n) is 7.22. The lowest BCUT2D eigenvalue weighted by Crippen LogP contribution is -2.30. The molecule has 0 bridgehead atoms. The van der Waals surface area contributed by atoms with Crippen LogP contribution >= 0.6 is 0 Å². The molecule has 0 aliphatic carbocycles. The van der Waals surface area contributed by atoms with Gasteiger partial charge in [-0.1, -0.05) is 67.9 Å². The van der Waals surface area contributed by atoms with Gasteiger partial charge in [0.2, 0.25) is 11.8 Å². The number of aryl methyl sites for hydroxylation is 1. The quantitative estimate of drug-likeness (QED) is 0.306. The molecule has 1 fully saturated rings. The van der Waals surface area contributed by atoms with Gasteiger partial charge in [0.25, 0.3) is 0 Å². The Bertz CT molecular complexity index is 1380. The molecule has 3 aromatic carbocycles. The van der Waals surface area contributed by atoms with Crippen molar-refractivity contribution in [2.45, 2.75) is 51.6 Å². The summed E-state index contributed by atoms with van der Waals surface area (Å²) in [6.45, 7) is 3.49. The van der Waals surface area contributed by atoms with Crippen LogP contribution < -0.4 is 4.90 Å². The highest BCUT2D eigenvalue weighted by atomic mass is 16.2. The van der Waals surface area contributed by atoms with E-state index in [1.54, 1.807) is 4.90 Å². The van der Waals surface area contributed by atoms with Crippen LogP contribution in [0.2, 0.25) is 0 Å². The number of hydrogen-bond donors (Lipinski definition) is 0. The van der Waals surface area contributed by atoms with E-state index in [4.69, 9.17) is 4.98 Å². The predicted octanol–water partition coefficient (Wildman–Crippen LogP) is 5.56. The number of aromatic nitrogens is 2. The van der Waals surface area contributed by atoms with Crippen molar-refractivity contribution in [1.29, 1.82) is 0 Å². The Hall–Kier alpha value is -3.93. The molecular formula is C31H34N4O2. The number of carbonyl (C=O) groups is 2. The molecule has 0 saturated carbocycles. The number of nitrogens with zero attached hydrogens (tertiary/aromatic N) is 4. The van der Waals surface area contributed by atoms with Crippen molar-refractivity contribution in [3.05, 3.63) is 95.8 Å². The average Bonchev–Trinajstić information content (AvgIpc) is 3.48. The van der Waals surface area contributed by atoms with Crippen molar-refractivity contribution in [3.8, 4) is 0 Å². The first-order valence-electron chi connectivity index (χ1n) is 13.2. The Labute approximate surface area is 218 Å². The first-order valence-corrected chi connectivity index (χ1v) is 13.2. The zero-order valence-corrected chi connectivity index (χ0v) is 21.6. The van der Waals surface area contributed by atoms with E-state index >= 15 is 0 Å². The number of hydrogen-bond acceptors (Lipinski definition) is 3. The Morgan fingerprint density at radius 3 is 2.46 bits per heavy atom. The minimum Gasteiger partial charge on any atom is -0.340 e. The largest absolute Gasteiger partial charge is 0.340 e. The number of carbonyl (C=O) groups excluding carboxylic acids is 2. The summed E-state index contributed by atoms with van der Waals surface area (Å²) in [6, 6.07) is 26.2. The van der Waals surface area contributed by atoms with E-state index in [1.165, 1.54) is 18.4 Å². The summed E-state index contributed by atoms with van der Waals surface area (Å²) >= 11 is 0. The van der Waals surface area contributed by atoms with E-state index in [1.807, 2.05) is 71.1 Å². The number of anilines is 1. The highest BCUT2D eigenvalue weighted by Crippen LogP contribution is 2.33. The number of rotatable bonds is 9. The van der Waals surface area contributed by atoms with Gasteiger partial charge in [-0.3, -0.25) is 9.59 Å². The van der Waals surface area contributed by atoms with Crippen molar-refractivity contribution in [1.82, 2.24) is 14.5 Å². The number of likely N-dealkylation sites (N-methyl/N-ethyl adjacent to an activating group) is 1. The summed E-state index contributed by atoms with van der Waals surface area (Å²) in [5, 5.41) is 0. The van der Waals surface area contributed by atoms with Crippen LogP contribution in [-0.2, 0) is 29.1 Å². The molecule has 2 amide bonds. The number of amides is 2. The van der Waals surface area contributed by atoms with Crippen LogP contribution in [0.5, 0.6) is 0 Å². The molecule has 4 aromatic rings. The number of imidazole rings is 1. The van der Waals surface area contributed by atoms with Gasteiger partial charge in [0.05, 0.1) is 11.0 Å². The maximum absolute atomic E-state index is 13.3. The molecule has 6 nitrogen and oxygen atoms in total. The molecule has 1 aliphatic heterocycles. The molecule has 190 valence electrons. The Balaban J connectivity index is 1.37. The molecule has 2 heterocycles. The van der Waals surface area contributed by atoms with Crippen LogP contribution in [0.3, 0.4) is 0 Å². The lowest BCUT2D eigenvalue weighted by Gasteiger charge is -2.20. The van der Waals surface area contributed by atoms with Crippen molar-refractivity contribution < 1.29 is 9.59 Å². The van der Waals surface area contributed by atoms with E-state index in [9.17, 15) is 9.59 Å². The number of fused-ring (bicyclic) bond motifs is 1. The van der Waals surface area contributed by atoms with Crippen LogP contribution in [0.1, 0.15) is 49.1 Å².